The van der Waals surface area contributed by atoms with Gasteiger partial charge in [0.1, 0.15) is 5.75 Å². The van der Waals surface area contributed by atoms with Gasteiger partial charge >= 0.3 is 0 Å². The summed E-state index contributed by atoms with van der Waals surface area (Å²) in [6, 6.07) is 3.84. The smallest absolute Gasteiger partial charge is 0.128 e. The molecule has 2 N–H and O–H groups in total. The van der Waals surface area contributed by atoms with Crippen molar-refractivity contribution in [2.75, 3.05) is 19.7 Å². The van der Waals surface area contributed by atoms with Gasteiger partial charge in [0.25, 0.3) is 0 Å². The topological polar surface area (TPSA) is 41.5 Å². The number of halogens is 1. The van der Waals surface area contributed by atoms with Crippen LogP contribution in [0.1, 0.15) is 36.5 Å². The van der Waals surface area contributed by atoms with E-state index >= 15 is 0 Å². The molecule has 104 valence electrons. The standard InChI is InChI=1S/C15H20ClNO2/c16-12-8-11-2-1-7-19-15(11)13(9-12)14(18)10-3-5-17-6-4-10/h8-10,14,17-18H,1-7H2. The van der Waals surface area contributed by atoms with Gasteiger partial charge in [-0.3, -0.25) is 0 Å². The highest BCUT2D eigenvalue weighted by Crippen LogP contribution is 2.40. The zero-order chi connectivity index (χ0) is 13.2. The van der Waals surface area contributed by atoms with Crippen molar-refractivity contribution in [3.8, 4) is 5.75 Å². The van der Waals surface area contributed by atoms with Crippen LogP contribution in [-0.4, -0.2) is 24.8 Å². The van der Waals surface area contributed by atoms with Gasteiger partial charge in [0.15, 0.2) is 0 Å². The number of fused-ring (bicyclic) bond motifs is 1. The number of aliphatic hydroxyl groups is 1. The molecule has 0 amide bonds. The van der Waals surface area contributed by atoms with Crippen LogP contribution in [-0.2, 0) is 6.42 Å². The van der Waals surface area contributed by atoms with Crippen LogP contribution in [0, 0.1) is 5.92 Å². The van der Waals surface area contributed by atoms with Gasteiger partial charge in [-0.15, -0.1) is 0 Å². The van der Waals surface area contributed by atoms with E-state index in [9.17, 15) is 5.11 Å². The van der Waals surface area contributed by atoms with Crippen LogP contribution >= 0.6 is 11.6 Å². The number of ether oxygens (including phenoxy) is 1. The van der Waals surface area contributed by atoms with E-state index in [2.05, 4.69) is 5.32 Å². The monoisotopic (exact) mass is 281 g/mol. The van der Waals surface area contributed by atoms with E-state index in [1.807, 2.05) is 12.1 Å². The molecular weight excluding hydrogens is 262 g/mol. The highest BCUT2D eigenvalue weighted by molar-refractivity contribution is 6.30. The van der Waals surface area contributed by atoms with Gasteiger partial charge in [-0.25, -0.2) is 0 Å². The molecule has 1 fully saturated rings. The maximum absolute atomic E-state index is 10.7. The van der Waals surface area contributed by atoms with Gasteiger partial charge in [-0.1, -0.05) is 11.6 Å². The Morgan fingerprint density at radius 3 is 2.89 bits per heavy atom. The molecule has 2 aliphatic rings. The Bertz CT molecular complexity index is 458. The summed E-state index contributed by atoms with van der Waals surface area (Å²) in [6.07, 6.45) is 3.55. The first-order chi connectivity index (χ1) is 9.25. The lowest BCUT2D eigenvalue weighted by atomic mass is 9.86. The predicted octanol–water partition coefficient (Wildman–Crippen LogP) is 2.70. The molecular formula is C15H20ClNO2. The number of hydrogen-bond donors (Lipinski definition) is 2. The van der Waals surface area contributed by atoms with Crippen LogP contribution in [0.25, 0.3) is 0 Å². The Kier molecular flexibility index (Phi) is 3.96. The Morgan fingerprint density at radius 1 is 1.32 bits per heavy atom. The molecule has 1 aromatic carbocycles. The molecule has 4 heteroatoms. The van der Waals surface area contributed by atoms with E-state index in [0.717, 1.165) is 62.3 Å². The van der Waals surface area contributed by atoms with Gasteiger partial charge in [0.05, 0.1) is 12.7 Å². The first kappa shape index (κ1) is 13.2. The van der Waals surface area contributed by atoms with Crippen molar-refractivity contribution in [3.63, 3.8) is 0 Å². The number of hydrogen-bond acceptors (Lipinski definition) is 3. The van der Waals surface area contributed by atoms with E-state index in [-0.39, 0.29) is 0 Å². The molecule has 3 rings (SSSR count). The minimum atomic E-state index is -0.465. The summed E-state index contributed by atoms with van der Waals surface area (Å²) in [7, 11) is 0. The Balaban J connectivity index is 1.92. The molecule has 1 atom stereocenters. The lowest BCUT2D eigenvalue weighted by Crippen LogP contribution is -2.31. The average Bonchev–Trinajstić information content (AvgIpc) is 2.46. The number of piperidine rings is 1. The van der Waals surface area contributed by atoms with E-state index < -0.39 is 6.10 Å². The fourth-order valence-corrected chi connectivity index (χ4v) is 3.35. The minimum absolute atomic E-state index is 0.300. The molecule has 0 spiro atoms. The van der Waals surface area contributed by atoms with Crippen LogP contribution in [0.4, 0.5) is 0 Å². The Hall–Kier alpha value is -0.770. The molecule has 0 saturated carbocycles. The quantitative estimate of drug-likeness (QED) is 0.876. The normalized spacial score (nSPS) is 21.6. The summed E-state index contributed by atoms with van der Waals surface area (Å²) < 4.78 is 5.79. The second-order valence-electron chi connectivity index (χ2n) is 5.47. The fraction of sp³-hybridized carbons (Fsp3) is 0.600. The lowest BCUT2D eigenvalue weighted by Gasteiger charge is -2.30. The highest BCUT2D eigenvalue weighted by Gasteiger charge is 2.28. The Labute approximate surface area is 118 Å². The maximum Gasteiger partial charge on any atom is 0.128 e. The summed E-state index contributed by atoms with van der Waals surface area (Å²) in [5, 5.41) is 14.7. The molecule has 1 unspecified atom stereocenters. The maximum atomic E-state index is 10.7. The zero-order valence-corrected chi connectivity index (χ0v) is 11.7. The molecule has 3 nitrogen and oxygen atoms in total. The zero-order valence-electron chi connectivity index (χ0n) is 11.0. The van der Waals surface area contributed by atoms with Crippen LogP contribution in [0.5, 0.6) is 5.75 Å². The van der Waals surface area contributed by atoms with Crippen LogP contribution < -0.4 is 10.1 Å². The summed E-state index contributed by atoms with van der Waals surface area (Å²) in [5.41, 5.74) is 2.02. The van der Waals surface area contributed by atoms with Crippen molar-refractivity contribution in [2.45, 2.75) is 31.8 Å². The molecule has 1 aromatic rings. The summed E-state index contributed by atoms with van der Waals surface area (Å²) >= 11 is 6.19. The molecule has 1 saturated heterocycles. The third kappa shape index (κ3) is 2.73. The van der Waals surface area contributed by atoms with E-state index in [0.29, 0.717) is 10.9 Å². The molecule has 2 heterocycles. The molecule has 0 aliphatic carbocycles. The average molecular weight is 282 g/mol. The van der Waals surface area contributed by atoms with E-state index in [1.165, 1.54) is 0 Å². The highest BCUT2D eigenvalue weighted by atomic mass is 35.5. The van der Waals surface area contributed by atoms with Crippen LogP contribution in [0.3, 0.4) is 0 Å². The molecule has 0 aromatic heterocycles. The third-order valence-corrected chi connectivity index (χ3v) is 4.36. The first-order valence-corrected chi connectivity index (χ1v) is 7.47. The molecule has 0 radical (unpaired) electrons. The second-order valence-corrected chi connectivity index (χ2v) is 5.90. The van der Waals surface area contributed by atoms with Crippen molar-refractivity contribution < 1.29 is 9.84 Å². The first-order valence-electron chi connectivity index (χ1n) is 7.09. The van der Waals surface area contributed by atoms with Gasteiger partial charge in [-0.2, -0.15) is 0 Å². The van der Waals surface area contributed by atoms with Gasteiger partial charge in [-0.05, 0) is 62.4 Å². The number of nitrogens with one attached hydrogen (secondary N) is 1. The van der Waals surface area contributed by atoms with Crippen LogP contribution in [0.15, 0.2) is 12.1 Å². The van der Waals surface area contributed by atoms with Crippen molar-refractivity contribution >= 4 is 11.6 Å². The second kappa shape index (κ2) is 5.70. The van der Waals surface area contributed by atoms with Crippen molar-refractivity contribution in [1.29, 1.82) is 0 Å². The number of aliphatic hydroxyl groups excluding tert-OH is 1. The summed E-state index contributed by atoms with van der Waals surface area (Å²) in [4.78, 5) is 0. The number of rotatable bonds is 2. The van der Waals surface area contributed by atoms with Gasteiger partial charge in [0.2, 0.25) is 0 Å². The largest absolute Gasteiger partial charge is 0.493 e. The van der Waals surface area contributed by atoms with E-state index in [1.54, 1.807) is 0 Å². The number of aryl methyl sites for hydroxylation is 1. The number of benzene rings is 1. The molecule has 0 bridgehead atoms. The molecule has 19 heavy (non-hydrogen) atoms. The van der Waals surface area contributed by atoms with Gasteiger partial charge < -0.3 is 15.2 Å². The van der Waals surface area contributed by atoms with Crippen LogP contribution in [0.2, 0.25) is 5.02 Å². The fourth-order valence-electron chi connectivity index (χ4n) is 3.11. The van der Waals surface area contributed by atoms with Crippen molar-refractivity contribution in [3.05, 3.63) is 28.3 Å². The minimum Gasteiger partial charge on any atom is -0.493 e. The molecule has 2 aliphatic heterocycles. The van der Waals surface area contributed by atoms with Gasteiger partial charge in [0, 0.05) is 10.6 Å². The summed E-state index contributed by atoms with van der Waals surface area (Å²) in [6.45, 7) is 2.69. The third-order valence-electron chi connectivity index (χ3n) is 4.15. The predicted molar refractivity (Wildman–Crippen MR) is 75.8 cm³/mol. The lowest BCUT2D eigenvalue weighted by molar-refractivity contribution is 0.0849. The van der Waals surface area contributed by atoms with Crippen molar-refractivity contribution in [1.82, 2.24) is 5.32 Å². The van der Waals surface area contributed by atoms with Crippen molar-refractivity contribution in [2.24, 2.45) is 5.92 Å². The Morgan fingerprint density at radius 2 is 2.11 bits per heavy atom. The summed E-state index contributed by atoms with van der Waals surface area (Å²) in [5.74, 6) is 1.18. The van der Waals surface area contributed by atoms with E-state index in [4.69, 9.17) is 16.3 Å². The SMILES string of the molecule is OC(c1cc(Cl)cc2c1OCCC2)C1CCNCC1.